The minimum atomic E-state index is -0.360. The second kappa shape index (κ2) is 7.46. The van der Waals surface area contributed by atoms with Crippen molar-refractivity contribution in [3.8, 4) is 5.75 Å². The summed E-state index contributed by atoms with van der Waals surface area (Å²) in [5.41, 5.74) is 0. The van der Waals surface area contributed by atoms with Gasteiger partial charge in [-0.2, -0.15) is 12.1 Å². The van der Waals surface area contributed by atoms with E-state index in [1.54, 1.807) is 12.1 Å². The van der Waals surface area contributed by atoms with Crippen LogP contribution in [0.3, 0.4) is 0 Å². The summed E-state index contributed by atoms with van der Waals surface area (Å²) in [7, 11) is 0. The molecule has 0 spiro atoms. The van der Waals surface area contributed by atoms with Crippen LogP contribution in [0.1, 0.15) is 13.8 Å². The van der Waals surface area contributed by atoms with Gasteiger partial charge in [0, 0.05) is 11.6 Å². The summed E-state index contributed by atoms with van der Waals surface area (Å²) in [6.45, 7) is 3.70. The van der Waals surface area contributed by atoms with Crippen molar-refractivity contribution in [2.75, 3.05) is 0 Å². The third-order valence-electron chi connectivity index (χ3n) is 1.12. The SMILES string of the molecule is CC(C)Oc1[c-]cccc1F.[Zn+][Br]. The molecule has 1 nitrogen and oxygen atoms in total. The summed E-state index contributed by atoms with van der Waals surface area (Å²) < 4.78 is 17.9. The van der Waals surface area contributed by atoms with Gasteiger partial charge >= 0.3 is 30.0 Å². The van der Waals surface area contributed by atoms with E-state index in [0.717, 1.165) is 0 Å². The zero-order valence-electron chi connectivity index (χ0n) is 7.68. The maximum atomic E-state index is 12.8. The predicted octanol–water partition coefficient (Wildman–Crippen LogP) is 3.26. The first-order valence-electron chi connectivity index (χ1n) is 3.79. The Morgan fingerprint density at radius 1 is 1.54 bits per heavy atom. The number of para-hydroxylation sites is 1. The Hall–Kier alpha value is 0.0534. The van der Waals surface area contributed by atoms with Gasteiger partial charge in [0.05, 0.1) is 6.10 Å². The van der Waals surface area contributed by atoms with Crippen molar-refractivity contribution in [3.63, 3.8) is 0 Å². The van der Waals surface area contributed by atoms with Crippen molar-refractivity contribution in [2.45, 2.75) is 20.0 Å². The Kier molecular flexibility index (Phi) is 7.49. The van der Waals surface area contributed by atoms with Gasteiger partial charge in [0.1, 0.15) is 0 Å². The Morgan fingerprint density at radius 3 is 2.62 bits per heavy atom. The Labute approximate surface area is 94.7 Å². The summed E-state index contributed by atoms with van der Waals surface area (Å²) in [6, 6.07) is 7.24. The molecule has 0 heterocycles. The molecular weight excluding hydrogens is 288 g/mol. The molecule has 0 N–H and O–H groups in total. The van der Waals surface area contributed by atoms with E-state index < -0.39 is 0 Å². The van der Waals surface area contributed by atoms with Gasteiger partial charge in [0.25, 0.3) is 0 Å². The number of hydrogen-bond donors (Lipinski definition) is 0. The standard InChI is InChI=1S/C9H10FO.BrH.Zn/c1-7(2)11-9-6-4-3-5-8(9)10;;/h3-5,7H,1-2H3;1H;/q-1;;+2/p-1. The van der Waals surface area contributed by atoms with Crippen LogP contribution in [-0.4, -0.2) is 6.10 Å². The van der Waals surface area contributed by atoms with Gasteiger partial charge in [-0.05, 0) is 13.8 Å². The summed E-state index contributed by atoms with van der Waals surface area (Å²) in [4.78, 5) is 0. The first-order chi connectivity index (χ1) is 6.20. The van der Waals surface area contributed by atoms with Crippen molar-refractivity contribution < 1.29 is 25.5 Å². The van der Waals surface area contributed by atoms with Crippen molar-refractivity contribution in [3.05, 3.63) is 30.1 Å². The van der Waals surface area contributed by atoms with Crippen LogP contribution in [0, 0.1) is 11.9 Å². The predicted molar refractivity (Wildman–Crippen MR) is 49.9 cm³/mol. The van der Waals surface area contributed by atoms with E-state index in [-0.39, 0.29) is 17.7 Å². The molecule has 0 atom stereocenters. The maximum absolute atomic E-state index is 12.8. The van der Waals surface area contributed by atoms with E-state index in [0.29, 0.717) is 0 Å². The number of hydrogen-bond acceptors (Lipinski definition) is 1. The van der Waals surface area contributed by atoms with Gasteiger partial charge in [-0.15, -0.1) is 12.1 Å². The molecule has 0 saturated heterocycles. The normalized spacial score (nSPS) is 9.15. The molecule has 0 radical (unpaired) electrons. The molecule has 0 saturated carbocycles. The molecule has 0 bridgehead atoms. The molecule has 1 rings (SSSR count). The zero-order valence-corrected chi connectivity index (χ0v) is 12.2. The van der Waals surface area contributed by atoms with Gasteiger partial charge in [-0.25, -0.2) is 0 Å². The summed E-state index contributed by atoms with van der Waals surface area (Å²) in [5.74, 6) is -0.163. The molecule has 13 heavy (non-hydrogen) atoms. The average molecular weight is 298 g/mol. The van der Waals surface area contributed by atoms with Crippen LogP contribution >= 0.6 is 13.6 Å². The van der Waals surface area contributed by atoms with Crippen molar-refractivity contribution in [1.82, 2.24) is 0 Å². The van der Waals surface area contributed by atoms with Crippen molar-refractivity contribution in [1.29, 1.82) is 0 Å². The molecule has 0 unspecified atom stereocenters. The van der Waals surface area contributed by atoms with E-state index in [1.165, 1.54) is 22.4 Å². The fourth-order valence-corrected chi connectivity index (χ4v) is 0.727. The molecule has 0 aliphatic rings. The fraction of sp³-hybridized carbons (Fsp3) is 0.333. The third-order valence-corrected chi connectivity index (χ3v) is 1.12. The topological polar surface area (TPSA) is 9.23 Å². The van der Waals surface area contributed by atoms with Crippen molar-refractivity contribution >= 4 is 13.6 Å². The van der Waals surface area contributed by atoms with Crippen LogP contribution in [0.4, 0.5) is 4.39 Å². The minimum absolute atomic E-state index is 0.0110. The van der Waals surface area contributed by atoms with Crippen LogP contribution in [0.5, 0.6) is 5.75 Å². The van der Waals surface area contributed by atoms with E-state index in [1.807, 2.05) is 13.8 Å². The summed E-state index contributed by atoms with van der Waals surface area (Å²) >= 11 is 4.25. The van der Waals surface area contributed by atoms with Gasteiger partial charge in [0.2, 0.25) is 0 Å². The Morgan fingerprint density at radius 2 is 2.15 bits per heavy atom. The molecule has 0 fully saturated rings. The molecule has 0 aliphatic carbocycles. The van der Waals surface area contributed by atoms with Crippen LogP contribution in [0.15, 0.2) is 18.2 Å². The summed E-state index contributed by atoms with van der Waals surface area (Å²) in [6.07, 6.45) is -0.0110. The Balaban J connectivity index is 0.000000671. The van der Waals surface area contributed by atoms with Crippen LogP contribution in [0.25, 0.3) is 0 Å². The molecule has 1 aromatic carbocycles. The van der Waals surface area contributed by atoms with Gasteiger partial charge < -0.3 is 4.74 Å². The van der Waals surface area contributed by atoms with Crippen LogP contribution in [0.2, 0.25) is 0 Å². The molecule has 0 aromatic heterocycles. The molecular formula is C9H10BrFOZn. The zero-order chi connectivity index (χ0) is 10.3. The average Bonchev–Trinajstić information content (AvgIpc) is 2.12. The third kappa shape index (κ3) is 5.38. The number of benzene rings is 1. The molecule has 4 heteroatoms. The second-order valence-electron chi connectivity index (χ2n) is 2.51. The quantitative estimate of drug-likeness (QED) is 0.601. The van der Waals surface area contributed by atoms with Crippen molar-refractivity contribution in [2.24, 2.45) is 0 Å². The molecule has 1 aromatic rings. The van der Waals surface area contributed by atoms with E-state index in [9.17, 15) is 4.39 Å². The van der Waals surface area contributed by atoms with Gasteiger partial charge in [-0.3, -0.25) is 4.39 Å². The van der Waals surface area contributed by atoms with E-state index in [2.05, 4.69) is 19.7 Å². The monoisotopic (exact) mass is 296 g/mol. The number of ether oxygens (including phenoxy) is 1. The molecule has 0 aliphatic heterocycles. The van der Waals surface area contributed by atoms with Gasteiger partial charge in [-0.1, -0.05) is 0 Å². The fourth-order valence-electron chi connectivity index (χ4n) is 0.727. The summed E-state index contributed by atoms with van der Waals surface area (Å²) in [5, 5.41) is 0. The number of rotatable bonds is 2. The van der Waals surface area contributed by atoms with Gasteiger partial charge in [0.15, 0.2) is 0 Å². The Bertz CT molecular complexity index is 243. The van der Waals surface area contributed by atoms with E-state index in [4.69, 9.17) is 4.74 Å². The molecule has 68 valence electrons. The number of halogens is 2. The van der Waals surface area contributed by atoms with Crippen LogP contribution in [-0.2, 0) is 16.3 Å². The second-order valence-corrected chi connectivity index (χ2v) is 2.51. The first kappa shape index (κ1) is 13.1. The van der Waals surface area contributed by atoms with Crippen LogP contribution < -0.4 is 4.74 Å². The first-order valence-corrected chi connectivity index (χ1v) is 10.7. The van der Waals surface area contributed by atoms with E-state index >= 15 is 0 Å². The molecule has 0 amide bonds.